The van der Waals surface area contributed by atoms with Gasteiger partial charge in [-0.1, -0.05) is 45.0 Å². The molecular formula is C21H26N2OS. The monoisotopic (exact) mass is 354 g/mol. The third kappa shape index (κ3) is 4.43. The Balaban J connectivity index is 1.93. The maximum Gasteiger partial charge on any atom is 0.254 e. The molecule has 0 N–H and O–H groups in total. The highest BCUT2D eigenvalue weighted by Crippen LogP contribution is 2.40. The lowest BCUT2D eigenvalue weighted by molar-refractivity contribution is 0.0607. The van der Waals surface area contributed by atoms with E-state index in [4.69, 9.17) is 0 Å². The van der Waals surface area contributed by atoms with Crippen molar-refractivity contribution in [3.63, 3.8) is 0 Å². The van der Waals surface area contributed by atoms with E-state index in [1.54, 1.807) is 11.8 Å². The van der Waals surface area contributed by atoms with E-state index in [2.05, 4.69) is 31.8 Å². The standard InChI is InChI=1S/C21H26N2OS/c1-21(2,3)25-19-17(12-9-14-22-19)18-13-7-8-15-23(18)20(24)16-10-5-4-6-11-16/h4-6,9-12,14,18H,7-8,13,15H2,1-3H3. The fourth-order valence-corrected chi connectivity index (χ4v) is 4.29. The topological polar surface area (TPSA) is 33.2 Å². The van der Waals surface area contributed by atoms with Gasteiger partial charge in [-0.05, 0) is 37.5 Å². The predicted molar refractivity (Wildman–Crippen MR) is 104 cm³/mol. The van der Waals surface area contributed by atoms with Crippen molar-refractivity contribution in [3.05, 3.63) is 59.8 Å². The number of hydrogen-bond donors (Lipinski definition) is 0. The van der Waals surface area contributed by atoms with Crippen LogP contribution < -0.4 is 0 Å². The Morgan fingerprint density at radius 2 is 1.88 bits per heavy atom. The van der Waals surface area contributed by atoms with E-state index in [1.807, 2.05) is 47.5 Å². The number of aromatic nitrogens is 1. The molecule has 0 aliphatic carbocycles. The number of piperidine rings is 1. The van der Waals surface area contributed by atoms with Crippen molar-refractivity contribution in [2.75, 3.05) is 6.54 Å². The highest BCUT2D eigenvalue weighted by molar-refractivity contribution is 8.00. The van der Waals surface area contributed by atoms with Gasteiger partial charge in [0.2, 0.25) is 0 Å². The maximum absolute atomic E-state index is 13.1. The van der Waals surface area contributed by atoms with Gasteiger partial charge in [0.25, 0.3) is 5.91 Å². The predicted octanol–water partition coefficient (Wildman–Crippen LogP) is 5.34. The lowest BCUT2D eigenvalue weighted by atomic mass is 9.95. The lowest BCUT2D eigenvalue weighted by Gasteiger charge is -2.37. The van der Waals surface area contributed by atoms with E-state index >= 15 is 0 Å². The van der Waals surface area contributed by atoms with Crippen molar-refractivity contribution in [3.8, 4) is 0 Å². The molecule has 1 fully saturated rings. The van der Waals surface area contributed by atoms with Crippen LogP contribution in [0.4, 0.5) is 0 Å². The SMILES string of the molecule is CC(C)(C)Sc1ncccc1C1CCCCN1C(=O)c1ccccc1. The molecule has 132 valence electrons. The molecule has 1 aliphatic rings. The van der Waals surface area contributed by atoms with E-state index in [1.165, 1.54) is 5.56 Å². The molecule has 1 amide bonds. The summed E-state index contributed by atoms with van der Waals surface area (Å²) in [4.78, 5) is 19.8. The van der Waals surface area contributed by atoms with Crippen molar-refractivity contribution in [1.29, 1.82) is 0 Å². The molecule has 1 unspecified atom stereocenters. The highest BCUT2D eigenvalue weighted by Gasteiger charge is 2.31. The van der Waals surface area contributed by atoms with Crippen molar-refractivity contribution < 1.29 is 4.79 Å². The molecule has 0 radical (unpaired) electrons. The zero-order valence-electron chi connectivity index (χ0n) is 15.2. The summed E-state index contributed by atoms with van der Waals surface area (Å²) in [5.41, 5.74) is 1.95. The third-order valence-corrected chi connectivity index (χ3v) is 5.49. The molecular weight excluding hydrogens is 328 g/mol. The summed E-state index contributed by atoms with van der Waals surface area (Å²) in [6.45, 7) is 7.41. The van der Waals surface area contributed by atoms with Crippen molar-refractivity contribution in [1.82, 2.24) is 9.88 Å². The zero-order chi connectivity index (χ0) is 17.9. The molecule has 1 aromatic carbocycles. The number of rotatable bonds is 3. The van der Waals surface area contributed by atoms with Crippen LogP contribution in [-0.2, 0) is 0 Å². The number of carbonyl (C=O) groups excluding carboxylic acids is 1. The third-order valence-electron chi connectivity index (χ3n) is 4.35. The number of likely N-dealkylation sites (tertiary alicyclic amines) is 1. The van der Waals surface area contributed by atoms with Gasteiger partial charge >= 0.3 is 0 Å². The minimum Gasteiger partial charge on any atom is -0.332 e. The fourth-order valence-electron chi connectivity index (χ4n) is 3.28. The average molecular weight is 355 g/mol. The summed E-state index contributed by atoms with van der Waals surface area (Å²) < 4.78 is 0.0893. The Labute approximate surface area is 154 Å². The molecule has 1 saturated heterocycles. The Bertz CT molecular complexity index is 724. The van der Waals surface area contributed by atoms with E-state index in [-0.39, 0.29) is 16.7 Å². The first-order valence-electron chi connectivity index (χ1n) is 8.96. The zero-order valence-corrected chi connectivity index (χ0v) is 16.1. The second-order valence-electron chi connectivity index (χ2n) is 7.49. The first kappa shape index (κ1) is 18.0. The average Bonchev–Trinajstić information content (AvgIpc) is 2.61. The molecule has 1 atom stereocenters. The molecule has 2 aromatic rings. The Morgan fingerprint density at radius 1 is 1.12 bits per heavy atom. The van der Waals surface area contributed by atoms with Crippen LogP contribution in [-0.4, -0.2) is 27.1 Å². The Morgan fingerprint density at radius 3 is 2.60 bits per heavy atom. The normalized spacial score (nSPS) is 18.2. The van der Waals surface area contributed by atoms with Gasteiger partial charge in [-0.15, -0.1) is 11.8 Å². The molecule has 3 nitrogen and oxygen atoms in total. The number of carbonyl (C=O) groups is 1. The number of thioether (sulfide) groups is 1. The van der Waals surface area contributed by atoms with Crippen molar-refractivity contribution in [2.45, 2.75) is 55.8 Å². The molecule has 0 bridgehead atoms. The number of hydrogen-bond acceptors (Lipinski definition) is 3. The van der Waals surface area contributed by atoms with Crippen molar-refractivity contribution in [2.24, 2.45) is 0 Å². The van der Waals surface area contributed by atoms with Crippen LogP contribution >= 0.6 is 11.8 Å². The number of amides is 1. The summed E-state index contributed by atoms with van der Waals surface area (Å²) in [6.07, 6.45) is 5.07. The second kappa shape index (κ2) is 7.61. The molecule has 3 rings (SSSR count). The largest absolute Gasteiger partial charge is 0.332 e. The molecule has 4 heteroatoms. The van der Waals surface area contributed by atoms with Gasteiger partial charge in [-0.25, -0.2) is 4.98 Å². The Hall–Kier alpha value is -1.81. The van der Waals surface area contributed by atoms with E-state index in [0.717, 1.165) is 36.4 Å². The van der Waals surface area contributed by atoms with Gasteiger partial charge in [0.05, 0.1) is 6.04 Å². The summed E-state index contributed by atoms with van der Waals surface area (Å²) in [6, 6.07) is 13.9. The molecule has 0 spiro atoms. The van der Waals surface area contributed by atoms with Gasteiger partial charge < -0.3 is 4.90 Å². The summed E-state index contributed by atoms with van der Waals surface area (Å²) in [5.74, 6) is 0.126. The second-order valence-corrected chi connectivity index (χ2v) is 9.30. The first-order chi connectivity index (χ1) is 12.0. The molecule has 1 aliphatic heterocycles. The van der Waals surface area contributed by atoms with Crippen LogP contribution in [0.5, 0.6) is 0 Å². The first-order valence-corrected chi connectivity index (χ1v) is 9.77. The molecule has 2 heterocycles. The summed E-state index contributed by atoms with van der Waals surface area (Å²) in [5, 5.41) is 1.05. The molecule has 1 aromatic heterocycles. The van der Waals surface area contributed by atoms with Crippen LogP contribution in [0.25, 0.3) is 0 Å². The van der Waals surface area contributed by atoms with E-state index in [0.29, 0.717) is 0 Å². The van der Waals surface area contributed by atoms with Crippen molar-refractivity contribution >= 4 is 17.7 Å². The number of benzene rings is 1. The molecule has 0 saturated carbocycles. The lowest BCUT2D eigenvalue weighted by Crippen LogP contribution is -2.38. The van der Waals surface area contributed by atoms with Crippen LogP contribution in [0.1, 0.15) is 62.0 Å². The van der Waals surface area contributed by atoms with Gasteiger partial charge in [-0.3, -0.25) is 4.79 Å². The minimum absolute atomic E-state index is 0.0893. The van der Waals surface area contributed by atoms with Gasteiger partial charge in [0, 0.05) is 28.6 Å². The van der Waals surface area contributed by atoms with Crippen LogP contribution in [0.3, 0.4) is 0 Å². The number of pyridine rings is 1. The van der Waals surface area contributed by atoms with Crippen LogP contribution in [0, 0.1) is 0 Å². The molecule has 25 heavy (non-hydrogen) atoms. The van der Waals surface area contributed by atoms with E-state index in [9.17, 15) is 4.79 Å². The Kier molecular flexibility index (Phi) is 5.48. The van der Waals surface area contributed by atoms with E-state index < -0.39 is 0 Å². The summed E-state index contributed by atoms with van der Waals surface area (Å²) >= 11 is 1.78. The number of nitrogens with zero attached hydrogens (tertiary/aromatic N) is 2. The maximum atomic E-state index is 13.1. The van der Waals surface area contributed by atoms with Crippen LogP contribution in [0.15, 0.2) is 53.7 Å². The fraction of sp³-hybridized carbons (Fsp3) is 0.429. The van der Waals surface area contributed by atoms with Crippen LogP contribution in [0.2, 0.25) is 0 Å². The van der Waals surface area contributed by atoms with Gasteiger partial charge in [0.1, 0.15) is 5.03 Å². The van der Waals surface area contributed by atoms with Gasteiger partial charge in [-0.2, -0.15) is 0 Å². The summed E-state index contributed by atoms with van der Waals surface area (Å²) in [7, 11) is 0. The smallest absolute Gasteiger partial charge is 0.254 e. The van der Waals surface area contributed by atoms with Gasteiger partial charge in [0.15, 0.2) is 0 Å². The quantitative estimate of drug-likeness (QED) is 0.698. The highest BCUT2D eigenvalue weighted by atomic mass is 32.2. The minimum atomic E-state index is 0.0893.